The van der Waals surface area contributed by atoms with Crippen LogP contribution >= 0.6 is 23.2 Å². The molecule has 1 aromatic rings. The second kappa shape index (κ2) is 5.29. The highest BCUT2D eigenvalue weighted by Crippen LogP contribution is 2.29. The van der Waals surface area contributed by atoms with Gasteiger partial charge in [-0.15, -0.1) is 0 Å². The van der Waals surface area contributed by atoms with Crippen molar-refractivity contribution in [2.24, 2.45) is 5.84 Å². The first-order chi connectivity index (χ1) is 6.25. The van der Waals surface area contributed by atoms with Crippen LogP contribution in [0, 0.1) is 0 Å². The zero-order valence-corrected chi connectivity index (χ0v) is 8.49. The average molecular weight is 220 g/mol. The molecule has 3 nitrogen and oxygen atoms in total. The standard InChI is InChI=1S/C8H11Cl2N3/c9-6-2-1-3-7(8(6)10)12-4-5-13-11/h1-3,12-13H,4-5,11H2. The normalized spacial score (nSPS) is 10.1. The highest BCUT2D eigenvalue weighted by atomic mass is 35.5. The molecule has 0 saturated heterocycles. The number of hydrogen-bond donors (Lipinski definition) is 3. The van der Waals surface area contributed by atoms with Gasteiger partial charge in [0.25, 0.3) is 0 Å². The molecule has 0 aliphatic heterocycles. The third kappa shape index (κ3) is 3.04. The first-order valence-electron chi connectivity index (χ1n) is 3.87. The Morgan fingerprint density at radius 2 is 2.00 bits per heavy atom. The summed E-state index contributed by atoms with van der Waals surface area (Å²) in [5.74, 6) is 5.11. The Morgan fingerprint density at radius 3 is 2.69 bits per heavy atom. The summed E-state index contributed by atoms with van der Waals surface area (Å²) in [6.07, 6.45) is 0. The molecule has 0 spiro atoms. The number of hydrazine groups is 1. The van der Waals surface area contributed by atoms with Crippen LogP contribution in [0.15, 0.2) is 18.2 Å². The Labute approximate surface area is 87.2 Å². The fraction of sp³-hybridized carbons (Fsp3) is 0.250. The molecule has 4 N–H and O–H groups in total. The Kier molecular flexibility index (Phi) is 4.32. The molecule has 0 amide bonds. The lowest BCUT2D eigenvalue weighted by molar-refractivity contribution is 0.753. The number of nitrogens with one attached hydrogen (secondary N) is 2. The quantitative estimate of drug-likeness (QED) is 0.412. The van der Waals surface area contributed by atoms with Crippen molar-refractivity contribution in [3.8, 4) is 0 Å². The van der Waals surface area contributed by atoms with Gasteiger partial charge in [0.15, 0.2) is 0 Å². The van der Waals surface area contributed by atoms with Gasteiger partial charge in [0.1, 0.15) is 0 Å². The monoisotopic (exact) mass is 219 g/mol. The van der Waals surface area contributed by atoms with Gasteiger partial charge in [-0.2, -0.15) is 0 Å². The molecular weight excluding hydrogens is 209 g/mol. The maximum Gasteiger partial charge on any atom is 0.0823 e. The number of rotatable bonds is 4. The zero-order chi connectivity index (χ0) is 9.68. The van der Waals surface area contributed by atoms with Crippen molar-refractivity contribution < 1.29 is 0 Å². The molecule has 0 saturated carbocycles. The lowest BCUT2D eigenvalue weighted by Crippen LogP contribution is -2.28. The molecule has 0 aliphatic rings. The molecule has 1 aromatic carbocycles. The lowest BCUT2D eigenvalue weighted by Gasteiger charge is -2.08. The second-order valence-electron chi connectivity index (χ2n) is 2.48. The summed E-state index contributed by atoms with van der Waals surface area (Å²) in [5, 5.41) is 4.19. The van der Waals surface area contributed by atoms with Crippen molar-refractivity contribution >= 4 is 28.9 Å². The Bertz CT molecular complexity index is 278. The van der Waals surface area contributed by atoms with Gasteiger partial charge >= 0.3 is 0 Å². The smallest absolute Gasteiger partial charge is 0.0823 e. The van der Waals surface area contributed by atoms with Gasteiger partial charge in [0.2, 0.25) is 0 Å². The van der Waals surface area contributed by atoms with E-state index in [0.717, 1.165) is 5.69 Å². The van der Waals surface area contributed by atoms with Crippen LogP contribution in [-0.4, -0.2) is 13.1 Å². The van der Waals surface area contributed by atoms with E-state index in [1.165, 1.54) is 0 Å². The third-order valence-corrected chi connectivity index (χ3v) is 2.36. The number of nitrogens with two attached hydrogens (primary N) is 1. The molecular formula is C8H11Cl2N3. The van der Waals surface area contributed by atoms with Crippen LogP contribution in [0.2, 0.25) is 10.0 Å². The first-order valence-corrected chi connectivity index (χ1v) is 4.62. The molecule has 0 fully saturated rings. The summed E-state index contributed by atoms with van der Waals surface area (Å²) < 4.78 is 0. The number of halogens is 2. The van der Waals surface area contributed by atoms with E-state index in [1.54, 1.807) is 6.07 Å². The largest absolute Gasteiger partial charge is 0.382 e. The molecule has 0 aromatic heterocycles. The van der Waals surface area contributed by atoms with Gasteiger partial charge < -0.3 is 5.32 Å². The molecule has 72 valence electrons. The molecule has 0 atom stereocenters. The van der Waals surface area contributed by atoms with Gasteiger partial charge in [0, 0.05) is 13.1 Å². The summed E-state index contributed by atoms with van der Waals surface area (Å²) in [6, 6.07) is 5.45. The molecule has 0 aliphatic carbocycles. The van der Waals surface area contributed by atoms with Gasteiger partial charge in [-0.1, -0.05) is 29.3 Å². The Morgan fingerprint density at radius 1 is 1.23 bits per heavy atom. The first kappa shape index (κ1) is 10.6. The number of benzene rings is 1. The molecule has 0 bridgehead atoms. The van der Waals surface area contributed by atoms with Gasteiger partial charge in [-0.3, -0.25) is 11.3 Å². The van der Waals surface area contributed by atoms with Crippen molar-refractivity contribution in [3.63, 3.8) is 0 Å². The van der Waals surface area contributed by atoms with E-state index in [9.17, 15) is 0 Å². The van der Waals surface area contributed by atoms with Crippen LogP contribution in [0.1, 0.15) is 0 Å². The fourth-order valence-corrected chi connectivity index (χ4v) is 1.28. The average Bonchev–Trinajstić information content (AvgIpc) is 2.13. The minimum Gasteiger partial charge on any atom is -0.382 e. The van der Waals surface area contributed by atoms with Gasteiger partial charge in [0.05, 0.1) is 15.7 Å². The summed E-state index contributed by atoms with van der Waals surface area (Å²) in [4.78, 5) is 0. The Balaban J connectivity index is 2.61. The highest BCUT2D eigenvalue weighted by molar-refractivity contribution is 6.43. The summed E-state index contributed by atoms with van der Waals surface area (Å²) >= 11 is 11.7. The van der Waals surface area contributed by atoms with Crippen LogP contribution in [0.25, 0.3) is 0 Å². The van der Waals surface area contributed by atoms with Crippen LogP contribution < -0.4 is 16.6 Å². The van der Waals surface area contributed by atoms with E-state index in [1.807, 2.05) is 12.1 Å². The van der Waals surface area contributed by atoms with E-state index in [0.29, 0.717) is 23.1 Å². The van der Waals surface area contributed by atoms with E-state index in [-0.39, 0.29) is 0 Å². The van der Waals surface area contributed by atoms with Crippen LogP contribution in [0.5, 0.6) is 0 Å². The van der Waals surface area contributed by atoms with Gasteiger partial charge in [-0.25, -0.2) is 0 Å². The van der Waals surface area contributed by atoms with Crippen molar-refractivity contribution in [3.05, 3.63) is 28.2 Å². The summed E-state index contributed by atoms with van der Waals surface area (Å²) in [7, 11) is 0. The number of anilines is 1. The van der Waals surface area contributed by atoms with Crippen molar-refractivity contribution in [1.29, 1.82) is 0 Å². The molecule has 0 radical (unpaired) electrons. The predicted octanol–water partition coefficient (Wildman–Crippen LogP) is 1.87. The molecule has 0 unspecified atom stereocenters. The van der Waals surface area contributed by atoms with Crippen LogP contribution in [0.3, 0.4) is 0 Å². The minimum absolute atomic E-state index is 0.543. The maximum absolute atomic E-state index is 5.93. The molecule has 0 heterocycles. The van der Waals surface area contributed by atoms with Crippen molar-refractivity contribution in [2.45, 2.75) is 0 Å². The summed E-state index contributed by atoms with van der Waals surface area (Å²) in [5.41, 5.74) is 3.36. The Hall–Kier alpha value is -0.480. The zero-order valence-electron chi connectivity index (χ0n) is 6.98. The molecule has 13 heavy (non-hydrogen) atoms. The minimum atomic E-state index is 0.543. The second-order valence-corrected chi connectivity index (χ2v) is 3.27. The topological polar surface area (TPSA) is 50.1 Å². The van der Waals surface area contributed by atoms with E-state index >= 15 is 0 Å². The number of hydrogen-bond acceptors (Lipinski definition) is 3. The molecule has 1 rings (SSSR count). The van der Waals surface area contributed by atoms with Crippen LogP contribution in [0.4, 0.5) is 5.69 Å². The molecule has 5 heteroatoms. The van der Waals surface area contributed by atoms with E-state index in [2.05, 4.69) is 10.7 Å². The third-order valence-electron chi connectivity index (χ3n) is 1.54. The predicted molar refractivity (Wildman–Crippen MR) is 57.1 cm³/mol. The van der Waals surface area contributed by atoms with E-state index < -0.39 is 0 Å². The van der Waals surface area contributed by atoms with Crippen LogP contribution in [-0.2, 0) is 0 Å². The van der Waals surface area contributed by atoms with Crippen molar-refractivity contribution in [2.75, 3.05) is 18.4 Å². The lowest BCUT2D eigenvalue weighted by atomic mass is 10.3. The SMILES string of the molecule is NNCCNc1cccc(Cl)c1Cl. The van der Waals surface area contributed by atoms with Crippen molar-refractivity contribution in [1.82, 2.24) is 5.43 Å². The maximum atomic E-state index is 5.93. The summed E-state index contributed by atoms with van der Waals surface area (Å²) in [6.45, 7) is 1.37. The van der Waals surface area contributed by atoms with E-state index in [4.69, 9.17) is 29.0 Å². The van der Waals surface area contributed by atoms with Gasteiger partial charge in [-0.05, 0) is 12.1 Å². The fourth-order valence-electron chi connectivity index (χ4n) is 0.910. The highest BCUT2D eigenvalue weighted by Gasteiger charge is 2.02.